The fourth-order valence-electron chi connectivity index (χ4n) is 14.6. The molecule has 30 heteroatoms. The number of carbonyl (C=O) groups excluding carboxylic acids is 5. The lowest BCUT2D eigenvalue weighted by atomic mass is 9.77. The van der Waals surface area contributed by atoms with Gasteiger partial charge < -0.3 is 99.5 Å². The molecule has 29 nitrogen and oxygen atoms in total. The molecule has 2 bridgehead atoms. The van der Waals surface area contributed by atoms with E-state index in [0.29, 0.717) is 6.42 Å². The Kier molecular flexibility index (Phi) is 32.1. The first-order chi connectivity index (χ1) is 47.2. The molecule has 576 valence electrons. The van der Waals surface area contributed by atoms with Crippen LogP contribution in [0.4, 0.5) is 0 Å². The van der Waals surface area contributed by atoms with Crippen LogP contribution in [0.1, 0.15) is 198 Å². The lowest BCUT2D eigenvalue weighted by Crippen LogP contribution is -2.65. The van der Waals surface area contributed by atoms with Crippen molar-refractivity contribution < 1.29 is 141 Å². The number of methoxy groups -OCH3 is 1. The van der Waals surface area contributed by atoms with Gasteiger partial charge in [-0.05, 0) is 134 Å². The molecular formula is C71H112O29S. The maximum Gasteiger partial charge on any atom is 0.397 e. The SMILES string of the molecule is CC[C@H](O[C@H]1C[C@@H](OC(=O)[C@H](C)[C@H](O)c2ccc3c(c2)C(=O)C=C(C)C3=O)[C@H](OC)[C@@H](C)O1)[C@H](C)[C@H](O)[C@@H](C)[C@H](O)[C@H](C)[C@H]1OC(=O)C=C[C@H](C)[C@H](O)C[C@H](O)CCC[C@@H](O)CC[C@@H](C)[C@H](O)C(=O)[C@]2(O)O[C@H](C[C@H](O)C[C@@H](O)C[C@@H](O)CCCC(O)[C@@H]3O[C@H]3[C@@H]1C)C[C@H](OS(=O)(=O)O)[C@H]2O. The number of rotatable bonds is 16. The van der Waals surface area contributed by atoms with Crippen molar-refractivity contribution in [1.82, 2.24) is 0 Å². The molecule has 0 amide bonds. The summed E-state index contributed by atoms with van der Waals surface area (Å²) in [5, 5.41) is 147. The van der Waals surface area contributed by atoms with Crippen LogP contribution in [-0.2, 0) is 62.1 Å². The molecule has 1 aromatic carbocycles. The largest absolute Gasteiger partial charge is 0.459 e. The van der Waals surface area contributed by atoms with Gasteiger partial charge in [-0.1, -0.05) is 60.6 Å². The molecule has 1 aliphatic carbocycles. The smallest absolute Gasteiger partial charge is 0.397 e. The van der Waals surface area contributed by atoms with Crippen LogP contribution in [0.3, 0.4) is 0 Å². The van der Waals surface area contributed by atoms with Gasteiger partial charge in [-0.2, -0.15) is 8.42 Å². The van der Waals surface area contributed by atoms with Gasteiger partial charge in [0.05, 0.1) is 91.4 Å². The van der Waals surface area contributed by atoms with Gasteiger partial charge in [0.2, 0.25) is 5.78 Å². The number of hydrogen-bond donors (Lipinski definition) is 14. The van der Waals surface area contributed by atoms with E-state index in [1.165, 1.54) is 58.2 Å². The maximum atomic E-state index is 13.9. The van der Waals surface area contributed by atoms with Crippen LogP contribution in [0.15, 0.2) is 42.0 Å². The van der Waals surface area contributed by atoms with Crippen LogP contribution in [0.5, 0.6) is 0 Å². The number of ketones is 3. The summed E-state index contributed by atoms with van der Waals surface area (Å²) in [6, 6.07) is 4.32. The van der Waals surface area contributed by atoms with Crippen LogP contribution >= 0.6 is 0 Å². The fraction of sp³-hybridized carbons (Fsp3) is 0.789. The highest BCUT2D eigenvalue weighted by Crippen LogP contribution is 2.42. The van der Waals surface area contributed by atoms with Crippen LogP contribution in [0.2, 0.25) is 0 Å². The Morgan fingerprint density at radius 2 is 1.34 bits per heavy atom. The molecule has 14 N–H and O–H groups in total. The molecule has 1 aromatic rings. The van der Waals surface area contributed by atoms with Gasteiger partial charge >= 0.3 is 22.3 Å². The van der Waals surface area contributed by atoms with E-state index in [1.807, 2.05) is 6.92 Å². The van der Waals surface area contributed by atoms with Crippen molar-refractivity contribution in [3.05, 3.63) is 58.7 Å². The van der Waals surface area contributed by atoms with Crippen molar-refractivity contribution in [1.29, 1.82) is 0 Å². The van der Waals surface area contributed by atoms with Gasteiger partial charge in [-0.3, -0.25) is 23.7 Å². The van der Waals surface area contributed by atoms with Crippen molar-refractivity contribution in [3.63, 3.8) is 0 Å². The monoisotopic (exact) mass is 1460 g/mol. The topological polar surface area (TPSA) is 480 Å². The maximum absolute atomic E-state index is 13.9. The van der Waals surface area contributed by atoms with Crippen LogP contribution in [0, 0.1) is 41.4 Å². The Morgan fingerprint density at radius 1 is 0.713 bits per heavy atom. The third kappa shape index (κ3) is 23.2. The third-order valence-corrected chi connectivity index (χ3v) is 21.7. The molecule has 6 rings (SSSR count). The molecule has 0 radical (unpaired) electrons. The molecule has 101 heavy (non-hydrogen) atoms. The van der Waals surface area contributed by atoms with Gasteiger partial charge in [-0.25, -0.2) is 8.98 Å². The second kappa shape index (κ2) is 37.9. The number of Topliss-reactive ketones (excluding diaryl/α,β-unsaturated/α-hetero) is 2. The minimum atomic E-state index is -5.33. The standard InChI is InChI=1S/C71H112O29S/c1-12-54(95-58-32-55(66(93-11)41(10)94-58)96-70(88)39(8)63(85)42-21-23-49-50(26-42)53(79)25-35(4)59(49)81)36(5)61(83)37(6)62(84)38(7)64-40(9)65-67(98-65)51(77)18-14-17-44(73)27-46(75)28-47(76)29-48-31-56(100-101(90,91)92)68(86)71(89,99-48)69(87)60(82)34(3)19-22-43(72)15-13-16-45(74)30-52(78)33(2)20-24-57(80)97-64/h20-21,23-26,33-34,36-41,43-48,51-52,54-56,58,60-68,72-78,82-86,89H,12-19,22,27-32H2,1-11H3,(H,90,91,92)/t33-,34+,36-,37+,38-,39+,40+,41+,43+,44-,45+,46-,47+,48+,51?,52+,54-,55+,56-,58-,60-,61-,62-,63-,64+,65-,66+,67-,68+,71+/m0/s1. The highest BCUT2D eigenvalue weighted by Gasteiger charge is 2.58. The predicted molar refractivity (Wildman–Crippen MR) is 358 cm³/mol. The minimum Gasteiger partial charge on any atom is -0.459 e. The Bertz CT molecular complexity index is 3060. The Morgan fingerprint density at radius 3 is 1.98 bits per heavy atom. The minimum absolute atomic E-state index is 0.00224. The molecule has 3 fully saturated rings. The van der Waals surface area contributed by atoms with Crippen molar-refractivity contribution >= 4 is 39.7 Å². The summed E-state index contributed by atoms with van der Waals surface area (Å²) in [7, 11) is -3.90. The average Bonchev–Trinajstić information content (AvgIpc) is 1.56. The summed E-state index contributed by atoms with van der Waals surface area (Å²) in [4.78, 5) is 67.0. The molecule has 4 aliphatic heterocycles. The van der Waals surface area contributed by atoms with Gasteiger partial charge in [0.15, 0.2) is 17.9 Å². The molecule has 0 saturated carbocycles. The predicted octanol–water partition coefficient (Wildman–Crippen LogP) is 2.49. The first kappa shape index (κ1) is 85.7. The number of aliphatic hydroxyl groups excluding tert-OH is 12. The number of hydrogen-bond acceptors (Lipinski definition) is 28. The molecule has 5 aliphatic rings. The quantitative estimate of drug-likeness (QED) is 0.0642. The fourth-order valence-corrected chi connectivity index (χ4v) is 15.1. The van der Waals surface area contributed by atoms with Gasteiger partial charge in [0, 0.05) is 72.3 Å². The number of cyclic esters (lactones) is 1. The zero-order valence-corrected chi connectivity index (χ0v) is 60.4. The van der Waals surface area contributed by atoms with E-state index in [9.17, 15) is 103 Å². The summed E-state index contributed by atoms with van der Waals surface area (Å²) in [6.07, 6.45) is -24.6. The summed E-state index contributed by atoms with van der Waals surface area (Å²) >= 11 is 0. The Balaban J connectivity index is 1.13. The number of aliphatic hydroxyl groups is 13. The number of benzene rings is 1. The van der Waals surface area contributed by atoms with Crippen LogP contribution < -0.4 is 0 Å². The molecule has 4 heterocycles. The second-order valence-corrected chi connectivity index (χ2v) is 30.2. The van der Waals surface area contributed by atoms with Crippen molar-refractivity contribution in [2.24, 2.45) is 41.4 Å². The number of allylic oxidation sites excluding steroid dienone is 2. The van der Waals surface area contributed by atoms with Gasteiger partial charge in [0.25, 0.3) is 5.79 Å². The summed E-state index contributed by atoms with van der Waals surface area (Å²) in [6.45, 7) is 16.3. The summed E-state index contributed by atoms with van der Waals surface area (Å²) in [5.74, 6) is -13.4. The van der Waals surface area contributed by atoms with Crippen LogP contribution in [-0.4, -0.2) is 250 Å². The first-order valence-corrected chi connectivity index (χ1v) is 36.8. The number of carbonyl (C=O) groups is 5. The molecule has 30 atom stereocenters. The van der Waals surface area contributed by atoms with Crippen molar-refractivity contribution in [3.8, 4) is 0 Å². The molecule has 1 unspecified atom stereocenters. The Hall–Kier alpha value is -4.20. The second-order valence-electron chi connectivity index (χ2n) is 29.2. The van der Waals surface area contributed by atoms with Crippen molar-refractivity contribution in [2.45, 2.75) is 306 Å². The van der Waals surface area contributed by atoms with E-state index in [2.05, 4.69) is 4.18 Å². The number of fused-ring (bicyclic) bond motifs is 4. The zero-order valence-electron chi connectivity index (χ0n) is 59.6. The third-order valence-electron chi connectivity index (χ3n) is 21.2. The average molecular weight is 1460 g/mol. The highest BCUT2D eigenvalue weighted by atomic mass is 32.3. The Labute approximate surface area is 591 Å². The normalized spacial score (nSPS) is 38.0. The summed E-state index contributed by atoms with van der Waals surface area (Å²) in [5.41, 5.74) is 0.814. The lowest BCUT2D eigenvalue weighted by molar-refractivity contribution is -0.306. The van der Waals surface area contributed by atoms with Crippen molar-refractivity contribution in [2.75, 3.05) is 7.11 Å². The van der Waals surface area contributed by atoms with E-state index < -0.39 is 235 Å². The number of esters is 2. The van der Waals surface area contributed by atoms with E-state index >= 15 is 0 Å². The summed E-state index contributed by atoms with van der Waals surface area (Å²) < 4.78 is 80.0. The van der Waals surface area contributed by atoms with E-state index in [0.717, 1.165) is 6.08 Å². The van der Waals surface area contributed by atoms with E-state index in [-0.39, 0.29) is 98.7 Å². The molecule has 0 spiro atoms. The number of epoxide rings is 1. The van der Waals surface area contributed by atoms with E-state index in [1.54, 1.807) is 41.5 Å². The highest BCUT2D eigenvalue weighted by molar-refractivity contribution is 7.80. The molecular weight excluding hydrogens is 1350 g/mol. The zero-order chi connectivity index (χ0) is 75.4. The van der Waals surface area contributed by atoms with Gasteiger partial charge in [-0.15, -0.1) is 0 Å². The molecule has 3 saturated heterocycles. The van der Waals surface area contributed by atoms with E-state index in [4.69, 9.17) is 33.2 Å². The van der Waals surface area contributed by atoms with Crippen LogP contribution in [0.25, 0.3) is 0 Å². The lowest BCUT2D eigenvalue weighted by Gasteiger charge is -2.44. The first-order valence-electron chi connectivity index (χ1n) is 35.5. The number of ether oxygens (including phenoxy) is 7. The molecule has 0 aromatic heterocycles. The van der Waals surface area contributed by atoms with Gasteiger partial charge in [0.1, 0.15) is 42.7 Å².